The summed E-state index contributed by atoms with van der Waals surface area (Å²) in [5, 5.41) is 9.20. The van der Waals surface area contributed by atoms with Crippen LogP contribution in [-0.2, 0) is 16.0 Å². The van der Waals surface area contributed by atoms with E-state index in [2.05, 4.69) is 20.9 Å². The number of amides is 2. The molecule has 0 aromatic heterocycles. The minimum absolute atomic E-state index is 0.0570. The van der Waals surface area contributed by atoms with Gasteiger partial charge in [-0.2, -0.15) is 0 Å². The first-order valence-electron chi connectivity index (χ1n) is 12.2. The zero-order valence-electron chi connectivity index (χ0n) is 19.5. The van der Waals surface area contributed by atoms with Crippen molar-refractivity contribution in [2.75, 3.05) is 26.7 Å². The van der Waals surface area contributed by atoms with Gasteiger partial charge in [0.2, 0.25) is 11.8 Å². The molecule has 1 aliphatic heterocycles. The number of benzene rings is 1. The normalized spacial score (nSPS) is 22.2. The van der Waals surface area contributed by atoms with Crippen molar-refractivity contribution in [3.05, 3.63) is 35.6 Å². The molecular formula is C25H39FN4O2. The summed E-state index contributed by atoms with van der Waals surface area (Å²) in [5.74, 6) is -0.156. The summed E-state index contributed by atoms with van der Waals surface area (Å²) in [6, 6.07) is 6.16. The Labute approximate surface area is 191 Å². The number of carbonyl (C=O) groups excluding carboxylic acids is 2. The number of likely N-dealkylation sites (N-methyl/N-ethyl adjacent to an activating group) is 1. The molecule has 32 heavy (non-hydrogen) atoms. The Bertz CT molecular complexity index is 753. The average molecular weight is 447 g/mol. The number of carbonyl (C=O) groups is 2. The van der Waals surface area contributed by atoms with Crippen molar-refractivity contribution in [3.8, 4) is 0 Å². The first-order valence-corrected chi connectivity index (χ1v) is 12.2. The maximum absolute atomic E-state index is 13.9. The molecule has 1 saturated heterocycles. The first kappa shape index (κ1) is 24.6. The smallest absolute Gasteiger partial charge is 0.243 e. The van der Waals surface area contributed by atoms with Crippen LogP contribution in [0.5, 0.6) is 0 Å². The van der Waals surface area contributed by atoms with E-state index >= 15 is 0 Å². The Balaban J connectivity index is 1.56. The number of hydrogen-bond donors (Lipinski definition) is 3. The largest absolute Gasteiger partial charge is 0.350 e. The molecule has 178 valence electrons. The van der Waals surface area contributed by atoms with E-state index in [1.165, 1.54) is 12.5 Å². The molecule has 0 unspecified atom stereocenters. The molecule has 6 nitrogen and oxygen atoms in total. The molecule has 2 aliphatic rings. The van der Waals surface area contributed by atoms with Crippen molar-refractivity contribution in [3.63, 3.8) is 0 Å². The van der Waals surface area contributed by atoms with E-state index in [9.17, 15) is 14.0 Å². The Hall–Kier alpha value is -1.99. The number of nitrogens with zero attached hydrogens (tertiary/aromatic N) is 1. The second-order valence-corrected chi connectivity index (χ2v) is 9.38. The van der Waals surface area contributed by atoms with Crippen LogP contribution in [-0.4, -0.2) is 61.5 Å². The molecule has 0 spiro atoms. The van der Waals surface area contributed by atoms with Crippen LogP contribution < -0.4 is 16.0 Å². The van der Waals surface area contributed by atoms with E-state index in [0.717, 1.165) is 63.7 Å². The molecule has 7 heteroatoms. The van der Waals surface area contributed by atoms with Crippen LogP contribution in [0.25, 0.3) is 0 Å². The van der Waals surface area contributed by atoms with Crippen molar-refractivity contribution in [2.24, 2.45) is 5.92 Å². The predicted octanol–water partition coefficient (Wildman–Crippen LogP) is 2.62. The Morgan fingerprint density at radius 1 is 1.09 bits per heavy atom. The van der Waals surface area contributed by atoms with E-state index in [1.807, 2.05) is 12.1 Å². The lowest BCUT2D eigenvalue weighted by atomic mass is 9.83. The van der Waals surface area contributed by atoms with E-state index in [-0.39, 0.29) is 35.6 Å². The average Bonchev–Trinajstić information content (AvgIpc) is 2.82. The number of likely N-dealkylation sites (tertiary alicyclic amines) is 1. The molecule has 0 bridgehead atoms. The molecule has 1 aromatic rings. The fourth-order valence-electron chi connectivity index (χ4n) is 4.92. The quantitative estimate of drug-likeness (QED) is 0.545. The SMILES string of the molecule is CN[C@@H](C)C(=O)N[C@H](C(=O)N[C@H]1CCCN(CCc2ccccc2F)C1)C1CCCCC1. The summed E-state index contributed by atoms with van der Waals surface area (Å²) in [6.07, 6.45) is 7.97. The number of halogens is 1. The fraction of sp³-hybridized carbons (Fsp3) is 0.680. The highest BCUT2D eigenvalue weighted by Gasteiger charge is 2.33. The standard InChI is InChI=1S/C25H39FN4O2/c1-18(27-2)24(31)29-23(20-10-4-3-5-11-20)25(32)28-21-12-8-15-30(17-21)16-14-19-9-6-7-13-22(19)26/h6-7,9,13,18,20-21,23,27H,3-5,8,10-12,14-17H2,1-2H3,(H,28,32)(H,29,31)/t18-,21-,23-/m0/s1. The summed E-state index contributed by atoms with van der Waals surface area (Å²) < 4.78 is 13.9. The van der Waals surface area contributed by atoms with Crippen molar-refractivity contribution < 1.29 is 14.0 Å². The van der Waals surface area contributed by atoms with Gasteiger partial charge in [0, 0.05) is 19.1 Å². The molecule has 3 N–H and O–H groups in total. The van der Waals surface area contributed by atoms with Gasteiger partial charge in [0.25, 0.3) is 0 Å². The number of nitrogens with one attached hydrogen (secondary N) is 3. The van der Waals surface area contributed by atoms with Gasteiger partial charge in [-0.05, 0) is 70.2 Å². The van der Waals surface area contributed by atoms with Crippen molar-refractivity contribution in [2.45, 2.75) is 76.4 Å². The summed E-state index contributed by atoms with van der Waals surface area (Å²) in [4.78, 5) is 28.1. The zero-order chi connectivity index (χ0) is 22.9. The summed E-state index contributed by atoms with van der Waals surface area (Å²) in [7, 11) is 1.75. The van der Waals surface area contributed by atoms with Crippen LogP contribution in [0.3, 0.4) is 0 Å². The second kappa shape index (κ2) is 12.3. The Morgan fingerprint density at radius 3 is 2.56 bits per heavy atom. The van der Waals surface area contributed by atoms with Gasteiger partial charge in [-0.15, -0.1) is 0 Å². The molecule has 1 aromatic carbocycles. The van der Waals surface area contributed by atoms with Gasteiger partial charge in [-0.3, -0.25) is 9.59 Å². The molecule has 3 atom stereocenters. The topological polar surface area (TPSA) is 73.5 Å². The summed E-state index contributed by atoms with van der Waals surface area (Å²) >= 11 is 0. The highest BCUT2D eigenvalue weighted by molar-refractivity contribution is 5.90. The Morgan fingerprint density at radius 2 is 1.84 bits per heavy atom. The van der Waals surface area contributed by atoms with Crippen LogP contribution in [0.2, 0.25) is 0 Å². The molecule has 1 aliphatic carbocycles. The van der Waals surface area contributed by atoms with Gasteiger partial charge >= 0.3 is 0 Å². The van der Waals surface area contributed by atoms with Gasteiger partial charge in [0.05, 0.1) is 6.04 Å². The maximum Gasteiger partial charge on any atom is 0.243 e. The third kappa shape index (κ3) is 7.01. The molecule has 0 radical (unpaired) electrons. The number of rotatable bonds is 9. The minimum atomic E-state index is -0.479. The third-order valence-corrected chi connectivity index (χ3v) is 7.03. The summed E-state index contributed by atoms with van der Waals surface area (Å²) in [6.45, 7) is 4.30. The van der Waals surface area contributed by atoms with Gasteiger partial charge in [-0.25, -0.2) is 4.39 Å². The van der Waals surface area contributed by atoms with Crippen LogP contribution in [0.15, 0.2) is 24.3 Å². The van der Waals surface area contributed by atoms with E-state index in [4.69, 9.17) is 0 Å². The highest BCUT2D eigenvalue weighted by Crippen LogP contribution is 2.27. The van der Waals surface area contributed by atoms with Gasteiger partial charge < -0.3 is 20.9 Å². The summed E-state index contributed by atoms with van der Waals surface area (Å²) in [5.41, 5.74) is 0.734. The van der Waals surface area contributed by atoms with Crippen LogP contribution >= 0.6 is 0 Å². The minimum Gasteiger partial charge on any atom is -0.350 e. The third-order valence-electron chi connectivity index (χ3n) is 7.03. The first-order chi connectivity index (χ1) is 15.5. The number of hydrogen-bond acceptors (Lipinski definition) is 4. The molecule has 1 saturated carbocycles. The van der Waals surface area contributed by atoms with Gasteiger partial charge in [-0.1, -0.05) is 37.5 Å². The lowest BCUT2D eigenvalue weighted by Gasteiger charge is -2.36. The van der Waals surface area contributed by atoms with Crippen molar-refractivity contribution in [1.29, 1.82) is 0 Å². The highest BCUT2D eigenvalue weighted by atomic mass is 19.1. The van der Waals surface area contributed by atoms with Crippen molar-refractivity contribution in [1.82, 2.24) is 20.9 Å². The van der Waals surface area contributed by atoms with E-state index < -0.39 is 6.04 Å². The molecular weight excluding hydrogens is 407 g/mol. The van der Waals surface area contributed by atoms with Crippen molar-refractivity contribution >= 4 is 11.8 Å². The predicted molar refractivity (Wildman–Crippen MR) is 125 cm³/mol. The maximum atomic E-state index is 13.9. The van der Waals surface area contributed by atoms with E-state index in [0.29, 0.717) is 6.42 Å². The molecule has 1 heterocycles. The van der Waals surface area contributed by atoms with Gasteiger partial charge in [0.15, 0.2) is 0 Å². The zero-order valence-corrected chi connectivity index (χ0v) is 19.5. The lowest BCUT2D eigenvalue weighted by molar-refractivity contribution is -0.132. The molecule has 3 rings (SSSR count). The van der Waals surface area contributed by atoms with E-state index in [1.54, 1.807) is 20.0 Å². The second-order valence-electron chi connectivity index (χ2n) is 9.38. The number of piperidine rings is 1. The lowest BCUT2D eigenvalue weighted by Crippen LogP contribution is -2.58. The van der Waals surface area contributed by atoms with Crippen LogP contribution in [0.4, 0.5) is 4.39 Å². The van der Waals surface area contributed by atoms with Gasteiger partial charge in [0.1, 0.15) is 11.9 Å². The molecule has 2 amide bonds. The Kier molecular flexibility index (Phi) is 9.48. The fourth-order valence-corrected chi connectivity index (χ4v) is 4.92. The monoisotopic (exact) mass is 446 g/mol. The van der Waals surface area contributed by atoms with Crippen LogP contribution in [0.1, 0.15) is 57.4 Å². The molecule has 2 fully saturated rings. The van der Waals surface area contributed by atoms with Crippen LogP contribution in [0, 0.1) is 11.7 Å².